The van der Waals surface area contributed by atoms with Crippen molar-refractivity contribution in [1.82, 2.24) is 15.3 Å². The van der Waals surface area contributed by atoms with Crippen molar-refractivity contribution < 1.29 is 18.0 Å². The van der Waals surface area contributed by atoms with Crippen molar-refractivity contribution in [2.24, 2.45) is 0 Å². The van der Waals surface area contributed by atoms with Crippen molar-refractivity contribution in [3.05, 3.63) is 125 Å². The van der Waals surface area contributed by atoms with Crippen molar-refractivity contribution >= 4 is 16.8 Å². The average Bonchev–Trinajstić information content (AvgIpc) is 3.25. The Hall–Kier alpha value is -4.39. The summed E-state index contributed by atoms with van der Waals surface area (Å²) in [5, 5.41) is 3.63. The van der Waals surface area contributed by atoms with Crippen molar-refractivity contribution in [2.75, 3.05) is 0 Å². The Morgan fingerprint density at radius 1 is 0.946 bits per heavy atom. The van der Waals surface area contributed by atoms with Gasteiger partial charge in [0.05, 0.1) is 18.2 Å². The molecule has 5 aromatic rings. The van der Waals surface area contributed by atoms with Crippen LogP contribution in [0.2, 0.25) is 0 Å². The first-order valence-corrected chi connectivity index (χ1v) is 11.9. The van der Waals surface area contributed by atoms with E-state index in [9.17, 15) is 18.0 Å². The van der Waals surface area contributed by atoms with Gasteiger partial charge in [-0.1, -0.05) is 35.9 Å². The van der Waals surface area contributed by atoms with E-state index in [4.69, 9.17) is 0 Å². The first kappa shape index (κ1) is 24.3. The van der Waals surface area contributed by atoms with Crippen LogP contribution in [-0.2, 0) is 17.6 Å². The van der Waals surface area contributed by atoms with Gasteiger partial charge >= 0.3 is 0 Å². The molecule has 0 saturated carbocycles. The van der Waals surface area contributed by atoms with E-state index in [-0.39, 0.29) is 18.7 Å². The van der Waals surface area contributed by atoms with E-state index in [1.165, 1.54) is 24.3 Å². The number of aryl methyl sites for hydroxylation is 1. The van der Waals surface area contributed by atoms with E-state index in [0.29, 0.717) is 22.2 Å². The zero-order chi connectivity index (χ0) is 25.9. The molecule has 0 aliphatic rings. The molecule has 37 heavy (non-hydrogen) atoms. The number of nitrogens with zero attached hydrogens (tertiary/aromatic N) is 1. The van der Waals surface area contributed by atoms with Crippen LogP contribution in [0.4, 0.5) is 13.2 Å². The maximum Gasteiger partial charge on any atom is 0.225 e. The summed E-state index contributed by atoms with van der Waals surface area (Å²) in [6.07, 6.45) is 3.42. The molecule has 186 valence electrons. The Morgan fingerprint density at radius 2 is 1.70 bits per heavy atom. The summed E-state index contributed by atoms with van der Waals surface area (Å²) in [6, 6.07) is 18.6. The Balaban J connectivity index is 1.49. The minimum atomic E-state index is -0.694. The van der Waals surface area contributed by atoms with Gasteiger partial charge < -0.3 is 10.3 Å². The van der Waals surface area contributed by atoms with Crippen molar-refractivity contribution in [2.45, 2.75) is 25.8 Å². The van der Waals surface area contributed by atoms with E-state index in [0.717, 1.165) is 28.3 Å². The molecule has 0 spiro atoms. The maximum atomic E-state index is 14.0. The van der Waals surface area contributed by atoms with Crippen molar-refractivity contribution in [3.63, 3.8) is 0 Å². The Kier molecular flexibility index (Phi) is 6.77. The minimum Gasteiger partial charge on any atom is -0.361 e. The molecule has 4 nitrogen and oxygen atoms in total. The van der Waals surface area contributed by atoms with E-state index in [1.54, 1.807) is 24.5 Å². The topological polar surface area (TPSA) is 57.8 Å². The lowest BCUT2D eigenvalue weighted by molar-refractivity contribution is -0.121. The smallest absolute Gasteiger partial charge is 0.225 e. The second-order valence-corrected chi connectivity index (χ2v) is 9.08. The summed E-state index contributed by atoms with van der Waals surface area (Å²) in [4.78, 5) is 20.9. The zero-order valence-corrected chi connectivity index (χ0v) is 20.1. The van der Waals surface area contributed by atoms with Gasteiger partial charge in [0.15, 0.2) is 0 Å². The van der Waals surface area contributed by atoms with E-state index < -0.39 is 23.5 Å². The van der Waals surface area contributed by atoms with Crippen LogP contribution in [-0.4, -0.2) is 15.9 Å². The number of rotatable bonds is 7. The van der Waals surface area contributed by atoms with Gasteiger partial charge in [-0.2, -0.15) is 0 Å². The number of pyridine rings is 1. The second-order valence-electron chi connectivity index (χ2n) is 9.08. The number of aromatic nitrogens is 2. The molecular weight excluding hydrogens is 475 g/mol. The van der Waals surface area contributed by atoms with Gasteiger partial charge in [0, 0.05) is 34.9 Å². The van der Waals surface area contributed by atoms with Crippen LogP contribution in [0.15, 0.2) is 85.2 Å². The van der Waals surface area contributed by atoms with Crippen LogP contribution >= 0.6 is 0 Å². The standard InChI is InChI=1S/C30H24F3N3O/c1-18-4-6-20(7-5-18)25-3-2-10-34-30(25)28(13-19-11-23(32)15-24(33)12-19)36-29(37)14-21-17-35-27-9-8-22(31)16-26(21)27/h2-12,15-17,28,35H,13-14H2,1H3,(H,36,37). The molecule has 0 fully saturated rings. The molecule has 3 aromatic carbocycles. The lowest BCUT2D eigenvalue weighted by atomic mass is 9.95. The highest BCUT2D eigenvalue weighted by Crippen LogP contribution is 2.30. The predicted molar refractivity (Wildman–Crippen MR) is 137 cm³/mol. The number of nitrogens with one attached hydrogen (secondary N) is 2. The molecule has 1 atom stereocenters. The fraction of sp³-hybridized carbons (Fsp3) is 0.133. The predicted octanol–water partition coefficient (Wildman–Crippen LogP) is 6.60. The van der Waals surface area contributed by atoms with Gasteiger partial charge in [-0.3, -0.25) is 9.78 Å². The highest BCUT2D eigenvalue weighted by atomic mass is 19.1. The summed E-state index contributed by atoms with van der Waals surface area (Å²) in [5.74, 6) is -2.11. The molecule has 0 bridgehead atoms. The Labute approximate surface area is 212 Å². The number of hydrogen-bond acceptors (Lipinski definition) is 2. The molecule has 0 saturated heterocycles. The number of aromatic amines is 1. The van der Waals surface area contributed by atoms with Crippen LogP contribution in [0.1, 0.15) is 28.4 Å². The molecule has 1 unspecified atom stereocenters. The van der Waals surface area contributed by atoms with Gasteiger partial charge in [-0.15, -0.1) is 0 Å². The molecule has 0 radical (unpaired) electrons. The Bertz CT molecular complexity index is 1560. The van der Waals surface area contributed by atoms with Crippen LogP contribution in [0.5, 0.6) is 0 Å². The van der Waals surface area contributed by atoms with Crippen molar-refractivity contribution in [3.8, 4) is 11.1 Å². The summed E-state index contributed by atoms with van der Waals surface area (Å²) in [5.41, 5.74) is 5.14. The number of carbonyl (C=O) groups is 1. The lowest BCUT2D eigenvalue weighted by Gasteiger charge is -2.22. The monoisotopic (exact) mass is 499 g/mol. The number of benzene rings is 3. The number of fused-ring (bicyclic) bond motifs is 1. The molecule has 0 aliphatic heterocycles. The summed E-state index contributed by atoms with van der Waals surface area (Å²) < 4.78 is 41.8. The maximum absolute atomic E-state index is 14.0. The van der Waals surface area contributed by atoms with Gasteiger partial charge in [-0.25, -0.2) is 13.2 Å². The molecule has 5 rings (SSSR count). The molecule has 2 N–H and O–H groups in total. The first-order chi connectivity index (χ1) is 17.9. The number of H-pyrrole nitrogens is 1. The quantitative estimate of drug-likeness (QED) is 0.265. The summed E-state index contributed by atoms with van der Waals surface area (Å²) in [6.45, 7) is 1.99. The summed E-state index contributed by atoms with van der Waals surface area (Å²) >= 11 is 0. The molecular formula is C30H24F3N3O. The zero-order valence-electron chi connectivity index (χ0n) is 20.1. The molecule has 2 aromatic heterocycles. The van der Waals surface area contributed by atoms with Gasteiger partial charge in [0.2, 0.25) is 5.91 Å². The van der Waals surface area contributed by atoms with E-state index in [2.05, 4.69) is 15.3 Å². The van der Waals surface area contributed by atoms with Crippen LogP contribution in [0, 0.1) is 24.4 Å². The van der Waals surface area contributed by atoms with Gasteiger partial charge in [0.25, 0.3) is 0 Å². The number of halogens is 3. The normalized spacial score (nSPS) is 12.0. The fourth-order valence-electron chi connectivity index (χ4n) is 4.57. The number of amides is 1. The van der Waals surface area contributed by atoms with Crippen LogP contribution in [0.3, 0.4) is 0 Å². The SMILES string of the molecule is Cc1ccc(-c2cccnc2C(Cc2cc(F)cc(F)c2)NC(=O)Cc2c[nH]c3ccc(F)cc23)cc1. The fourth-order valence-corrected chi connectivity index (χ4v) is 4.57. The van der Waals surface area contributed by atoms with Gasteiger partial charge in [-0.05, 0) is 66.4 Å². The second kappa shape index (κ2) is 10.3. The third-order valence-corrected chi connectivity index (χ3v) is 6.31. The molecule has 1 amide bonds. The average molecular weight is 500 g/mol. The lowest BCUT2D eigenvalue weighted by Crippen LogP contribution is -2.32. The third-order valence-electron chi connectivity index (χ3n) is 6.31. The number of carbonyl (C=O) groups excluding carboxylic acids is 1. The highest BCUT2D eigenvalue weighted by molar-refractivity contribution is 5.89. The summed E-state index contributed by atoms with van der Waals surface area (Å²) in [7, 11) is 0. The Morgan fingerprint density at radius 3 is 2.46 bits per heavy atom. The first-order valence-electron chi connectivity index (χ1n) is 11.9. The van der Waals surface area contributed by atoms with Crippen LogP contribution < -0.4 is 5.32 Å². The minimum absolute atomic E-state index is 0.00976. The highest BCUT2D eigenvalue weighted by Gasteiger charge is 2.22. The molecule has 0 aliphatic carbocycles. The molecule has 2 heterocycles. The van der Waals surface area contributed by atoms with Crippen molar-refractivity contribution in [1.29, 1.82) is 0 Å². The van der Waals surface area contributed by atoms with E-state index in [1.807, 2.05) is 37.3 Å². The van der Waals surface area contributed by atoms with Crippen LogP contribution in [0.25, 0.3) is 22.0 Å². The largest absolute Gasteiger partial charge is 0.361 e. The van der Waals surface area contributed by atoms with E-state index >= 15 is 0 Å². The molecule has 7 heteroatoms. The number of hydrogen-bond donors (Lipinski definition) is 2. The third kappa shape index (κ3) is 5.56. The van der Waals surface area contributed by atoms with Gasteiger partial charge in [0.1, 0.15) is 17.5 Å².